The summed E-state index contributed by atoms with van der Waals surface area (Å²) < 4.78 is 38.0. The molecule has 1 amide bonds. The highest BCUT2D eigenvalue weighted by molar-refractivity contribution is 5.94. The van der Waals surface area contributed by atoms with Crippen molar-refractivity contribution < 1.29 is 18.0 Å². The zero-order valence-corrected chi connectivity index (χ0v) is 18.5. The van der Waals surface area contributed by atoms with Crippen LogP contribution in [0.25, 0.3) is 0 Å². The van der Waals surface area contributed by atoms with E-state index in [1.54, 1.807) is 0 Å². The molecule has 0 bridgehead atoms. The van der Waals surface area contributed by atoms with E-state index in [1.807, 2.05) is 32.0 Å². The van der Waals surface area contributed by atoms with Gasteiger partial charge in [0.25, 0.3) is 5.91 Å². The van der Waals surface area contributed by atoms with Crippen LogP contribution in [0, 0.1) is 6.92 Å². The molecule has 10 heteroatoms. The minimum atomic E-state index is -4.41. The Kier molecular flexibility index (Phi) is 8.11. The lowest BCUT2D eigenvalue weighted by molar-refractivity contribution is -0.137. The van der Waals surface area contributed by atoms with E-state index in [9.17, 15) is 18.0 Å². The largest absolute Gasteiger partial charge is 0.416 e. The molecule has 0 aliphatic heterocycles. The molecule has 1 fully saturated rings. The van der Waals surface area contributed by atoms with Crippen LogP contribution >= 0.6 is 12.4 Å². The number of carbonyl (C=O) groups is 1. The molecule has 1 aliphatic rings. The fourth-order valence-electron chi connectivity index (χ4n) is 3.53. The van der Waals surface area contributed by atoms with Crippen molar-refractivity contribution in [1.82, 2.24) is 15.3 Å². The predicted molar refractivity (Wildman–Crippen MR) is 117 cm³/mol. The molecule has 6 nitrogen and oxygen atoms in total. The summed E-state index contributed by atoms with van der Waals surface area (Å²) in [6, 6.07) is 6.45. The smallest absolute Gasteiger partial charge is 0.367 e. The molecular formula is C21H27ClF3N5O. The van der Waals surface area contributed by atoms with Crippen LogP contribution in [0.4, 0.5) is 24.8 Å². The zero-order chi connectivity index (χ0) is 21.9. The number of aromatic nitrogens is 2. The summed E-state index contributed by atoms with van der Waals surface area (Å²) >= 11 is 0. The maximum Gasteiger partial charge on any atom is 0.416 e. The summed E-state index contributed by atoms with van der Waals surface area (Å²) in [6.45, 7) is 1.85. The van der Waals surface area contributed by atoms with Gasteiger partial charge in [0.05, 0.1) is 5.56 Å². The standard InChI is InChI=1S/C21H26F3N5O.ClH/c1-13-25-18(12-19(26-13)29(2)3)27-16-8-10-17(11-9-16)28-20(30)14-4-6-15(7-5-14)21(22,23)24;/h4-7,12,16-17H,8-11H2,1-3H3,(H,28,30)(H,25,26,27);1H/t16-,17+;. The predicted octanol–water partition coefficient (Wildman–Crippen LogP) is 4.44. The van der Waals surface area contributed by atoms with Crippen molar-refractivity contribution in [2.45, 2.75) is 50.9 Å². The Labute approximate surface area is 186 Å². The second-order valence-electron chi connectivity index (χ2n) is 7.79. The third kappa shape index (κ3) is 6.72. The van der Waals surface area contributed by atoms with E-state index in [-0.39, 0.29) is 36.0 Å². The van der Waals surface area contributed by atoms with Crippen molar-refractivity contribution in [2.75, 3.05) is 24.3 Å². The highest BCUT2D eigenvalue weighted by Crippen LogP contribution is 2.29. The van der Waals surface area contributed by atoms with Gasteiger partial charge in [0, 0.05) is 37.8 Å². The van der Waals surface area contributed by atoms with Crippen LogP contribution in [0.5, 0.6) is 0 Å². The highest BCUT2D eigenvalue weighted by atomic mass is 35.5. The molecule has 2 N–H and O–H groups in total. The lowest BCUT2D eigenvalue weighted by atomic mass is 9.91. The van der Waals surface area contributed by atoms with E-state index in [0.717, 1.165) is 49.5 Å². The minimum Gasteiger partial charge on any atom is -0.367 e. The lowest BCUT2D eigenvalue weighted by Gasteiger charge is -2.30. The molecule has 170 valence electrons. The van der Waals surface area contributed by atoms with Crippen LogP contribution in [0.3, 0.4) is 0 Å². The first kappa shape index (κ1) is 24.7. The number of nitrogens with one attached hydrogen (secondary N) is 2. The van der Waals surface area contributed by atoms with Gasteiger partial charge in [-0.15, -0.1) is 12.4 Å². The summed E-state index contributed by atoms with van der Waals surface area (Å²) in [4.78, 5) is 23.1. The van der Waals surface area contributed by atoms with E-state index in [4.69, 9.17) is 0 Å². The average molecular weight is 458 g/mol. The molecule has 3 rings (SSSR count). The summed E-state index contributed by atoms with van der Waals surface area (Å²) in [5.74, 6) is 1.97. The molecule has 1 heterocycles. The maximum atomic E-state index is 12.7. The Balaban J connectivity index is 0.00000341. The molecule has 1 aromatic carbocycles. The van der Waals surface area contributed by atoms with Gasteiger partial charge in [-0.25, -0.2) is 9.97 Å². The molecule has 0 unspecified atom stereocenters. The van der Waals surface area contributed by atoms with Gasteiger partial charge in [-0.3, -0.25) is 4.79 Å². The molecule has 1 saturated carbocycles. The summed E-state index contributed by atoms with van der Waals surface area (Å²) in [5, 5.41) is 6.38. The second-order valence-corrected chi connectivity index (χ2v) is 7.79. The third-order valence-electron chi connectivity index (χ3n) is 5.17. The first-order valence-corrected chi connectivity index (χ1v) is 9.89. The van der Waals surface area contributed by atoms with Gasteiger partial charge in [-0.05, 0) is 56.9 Å². The van der Waals surface area contributed by atoms with Crippen molar-refractivity contribution in [1.29, 1.82) is 0 Å². The number of halogens is 4. The quantitative estimate of drug-likeness (QED) is 0.694. The zero-order valence-electron chi connectivity index (χ0n) is 17.7. The lowest BCUT2D eigenvalue weighted by Crippen LogP contribution is -2.40. The first-order valence-electron chi connectivity index (χ1n) is 9.89. The Morgan fingerprint density at radius 3 is 2.16 bits per heavy atom. The number of nitrogens with zero attached hydrogens (tertiary/aromatic N) is 3. The van der Waals surface area contributed by atoms with E-state index < -0.39 is 11.7 Å². The SMILES string of the molecule is Cc1nc(N[C@H]2CC[C@@H](NC(=O)c3ccc(C(F)(F)F)cc3)CC2)cc(N(C)C)n1.Cl. The van der Waals surface area contributed by atoms with Gasteiger partial charge in [0.2, 0.25) is 0 Å². The number of amides is 1. The molecule has 0 saturated heterocycles. The number of aryl methyl sites for hydroxylation is 1. The molecule has 0 spiro atoms. The third-order valence-corrected chi connectivity index (χ3v) is 5.17. The number of hydrogen-bond acceptors (Lipinski definition) is 5. The number of alkyl halides is 3. The minimum absolute atomic E-state index is 0. The molecule has 31 heavy (non-hydrogen) atoms. The number of carbonyl (C=O) groups excluding carboxylic acids is 1. The summed E-state index contributed by atoms with van der Waals surface area (Å²) in [7, 11) is 3.85. The van der Waals surface area contributed by atoms with E-state index in [2.05, 4.69) is 20.6 Å². The van der Waals surface area contributed by atoms with E-state index >= 15 is 0 Å². The molecule has 0 radical (unpaired) electrons. The summed E-state index contributed by atoms with van der Waals surface area (Å²) in [5.41, 5.74) is -0.529. The molecule has 1 aromatic heterocycles. The van der Waals surface area contributed by atoms with E-state index in [1.165, 1.54) is 12.1 Å². The van der Waals surface area contributed by atoms with Crippen LogP contribution in [0.1, 0.15) is 47.4 Å². The van der Waals surface area contributed by atoms with Crippen molar-refractivity contribution in [3.8, 4) is 0 Å². The second kappa shape index (κ2) is 10.2. The number of anilines is 2. The first-order chi connectivity index (χ1) is 14.1. The van der Waals surface area contributed by atoms with Crippen LogP contribution in [0.15, 0.2) is 30.3 Å². The van der Waals surface area contributed by atoms with Crippen molar-refractivity contribution in [2.24, 2.45) is 0 Å². The van der Waals surface area contributed by atoms with Crippen molar-refractivity contribution >= 4 is 29.9 Å². The number of rotatable bonds is 5. The number of hydrogen-bond donors (Lipinski definition) is 2. The fourth-order valence-corrected chi connectivity index (χ4v) is 3.53. The highest BCUT2D eigenvalue weighted by Gasteiger charge is 2.30. The average Bonchev–Trinajstić information content (AvgIpc) is 2.68. The van der Waals surface area contributed by atoms with Crippen molar-refractivity contribution in [3.63, 3.8) is 0 Å². The van der Waals surface area contributed by atoms with Crippen LogP contribution in [-0.2, 0) is 6.18 Å². The van der Waals surface area contributed by atoms with Gasteiger partial charge in [0.15, 0.2) is 0 Å². The molecule has 0 atom stereocenters. The van der Waals surface area contributed by atoms with Gasteiger partial charge in [0.1, 0.15) is 17.5 Å². The normalized spacial score (nSPS) is 18.6. The Morgan fingerprint density at radius 1 is 1.03 bits per heavy atom. The summed E-state index contributed by atoms with van der Waals surface area (Å²) in [6.07, 6.45) is -1.12. The molecular weight excluding hydrogens is 431 g/mol. The van der Waals surface area contributed by atoms with Gasteiger partial charge >= 0.3 is 6.18 Å². The van der Waals surface area contributed by atoms with Gasteiger partial charge < -0.3 is 15.5 Å². The Bertz CT molecular complexity index is 882. The van der Waals surface area contributed by atoms with Crippen LogP contribution in [0.2, 0.25) is 0 Å². The molecule has 2 aromatic rings. The number of benzene rings is 1. The van der Waals surface area contributed by atoms with Gasteiger partial charge in [-0.1, -0.05) is 0 Å². The van der Waals surface area contributed by atoms with Gasteiger partial charge in [-0.2, -0.15) is 13.2 Å². The fraction of sp³-hybridized carbons (Fsp3) is 0.476. The maximum absolute atomic E-state index is 12.7. The monoisotopic (exact) mass is 457 g/mol. The van der Waals surface area contributed by atoms with E-state index in [0.29, 0.717) is 5.82 Å². The van der Waals surface area contributed by atoms with Crippen LogP contribution in [-0.4, -0.2) is 42.1 Å². The Hall–Kier alpha value is -2.55. The molecule has 1 aliphatic carbocycles. The van der Waals surface area contributed by atoms with Crippen molar-refractivity contribution in [3.05, 3.63) is 47.3 Å². The Morgan fingerprint density at radius 2 is 1.61 bits per heavy atom. The van der Waals surface area contributed by atoms with Crippen LogP contribution < -0.4 is 15.5 Å². The topological polar surface area (TPSA) is 70.2 Å².